The van der Waals surface area contributed by atoms with Gasteiger partial charge >= 0.3 is 5.97 Å². The average Bonchev–Trinajstić information content (AvgIpc) is 3.39. The van der Waals surface area contributed by atoms with E-state index in [0.29, 0.717) is 35.3 Å². The molecule has 0 unspecified atom stereocenters. The number of fused-ring (bicyclic) bond motifs is 5. The van der Waals surface area contributed by atoms with E-state index in [1.807, 2.05) is 31.2 Å². The van der Waals surface area contributed by atoms with E-state index in [2.05, 4.69) is 19.1 Å². The van der Waals surface area contributed by atoms with Gasteiger partial charge in [0.25, 0.3) is 0 Å². The second-order valence-corrected chi connectivity index (χ2v) is 10.00. The van der Waals surface area contributed by atoms with E-state index < -0.39 is 12.1 Å². The molecule has 0 spiro atoms. The predicted molar refractivity (Wildman–Crippen MR) is 148 cm³/mol. The summed E-state index contributed by atoms with van der Waals surface area (Å²) in [5.41, 5.74) is 2.98. The highest BCUT2D eigenvalue weighted by molar-refractivity contribution is 6.22. The molecule has 3 aromatic rings. The first-order chi connectivity index (χ1) is 18.9. The van der Waals surface area contributed by atoms with Gasteiger partial charge < -0.3 is 14.2 Å². The number of carbonyl (C=O) groups excluding carboxylic acids is 2. The van der Waals surface area contributed by atoms with Gasteiger partial charge in [0.15, 0.2) is 11.5 Å². The summed E-state index contributed by atoms with van der Waals surface area (Å²) in [5.74, 6) is 0.0942. The fourth-order valence-electron chi connectivity index (χ4n) is 5.24. The zero-order valence-corrected chi connectivity index (χ0v) is 22.0. The first-order valence-electron chi connectivity index (χ1n) is 13.0. The average molecular weight is 530 g/mol. The summed E-state index contributed by atoms with van der Waals surface area (Å²) in [6.45, 7) is 4.04. The number of nitrogens with zero attached hydrogens (tertiary/aromatic N) is 1. The number of carbonyl (C=O) groups is 2. The van der Waals surface area contributed by atoms with Crippen LogP contribution in [0, 0.1) is 0 Å². The maximum absolute atomic E-state index is 13.8. The van der Waals surface area contributed by atoms with E-state index in [1.54, 1.807) is 12.1 Å². The normalized spacial score (nSPS) is 21.9. The van der Waals surface area contributed by atoms with Crippen LogP contribution in [0.3, 0.4) is 0 Å². The Labute approximate surface area is 226 Å². The van der Waals surface area contributed by atoms with Crippen LogP contribution in [0.5, 0.6) is 11.5 Å². The number of rotatable bonds is 4. The molecule has 1 atom stereocenters. The topological polar surface area (TPSA) is 106 Å². The molecule has 0 saturated carbocycles. The van der Waals surface area contributed by atoms with Crippen LogP contribution in [-0.2, 0) is 9.53 Å². The predicted octanol–water partition coefficient (Wildman–Crippen LogP) is 6.81. The van der Waals surface area contributed by atoms with E-state index in [1.165, 1.54) is 11.6 Å². The largest absolute Gasteiger partial charge is 0.454 e. The number of benzene rings is 3. The maximum Gasteiger partial charge on any atom is 0.339 e. The van der Waals surface area contributed by atoms with Gasteiger partial charge in [-0.25, -0.2) is 4.79 Å². The Balaban J connectivity index is 1.62. The summed E-state index contributed by atoms with van der Waals surface area (Å²) in [5, 5.41) is 22.6. The third-order valence-corrected chi connectivity index (χ3v) is 7.17. The van der Waals surface area contributed by atoms with Gasteiger partial charge in [-0.05, 0) is 74.1 Å². The van der Waals surface area contributed by atoms with Crippen molar-refractivity contribution in [2.24, 2.45) is 0 Å². The Morgan fingerprint density at radius 1 is 1.03 bits per heavy atom. The molecule has 3 aromatic carbocycles. The molecule has 2 aliphatic rings. The van der Waals surface area contributed by atoms with Crippen molar-refractivity contribution in [3.63, 3.8) is 0 Å². The van der Waals surface area contributed by atoms with Crippen molar-refractivity contribution in [2.45, 2.75) is 52.1 Å². The van der Waals surface area contributed by atoms with Crippen molar-refractivity contribution in [1.29, 1.82) is 0 Å². The molecule has 8 heteroatoms. The summed E-state index contributed by atoms with van der Waals surface area (Å²) in [6.07, 6.45) is 9.61. The van der Waals surface area contributed by atoms with Crippen LogP contribution in [0.4, 0.5) is 5.69 Å². The number of hydrogen-bond acceptors (Lipinski definition) is 8. The SMILES string of the molecule is C/C1=C/CC/C(C=O)=C/[C@H](OC(=O)c2cc3c(c4c2c(N(O)O)cc2ccccc24)OCO3)C/C(C)=C/CC1. The number of allylic oxidation sites excluding steroid dienone is 4. The lowest BCUT2D eigenvalue weighted by atomic mass is 9.95. The lowest BCUT2D eigenvalue weighted by molar-refractivity contribution is -0.105. The van der Waals surface area contributed by atoms with Gasteiger partial charge in [0, 0.05) is 17.2 Å². The highest BCUT2D eigenvalue weighted by Gasteiger charge is 2.29. The van der Waals surface area contributed by atoms with Crippen LogP contribution in [0.25, 0.3) is 21.5 Å². The number of ether oxygens (including phenoxy) is 3. The first-order valence-corrected chi connectivity index (χ1v) is 13.0. The second-order valence-electron chi connectivity index (χ2n) is 10.00. The van der Waals surface area contributed by atoms with Crippen LogP contribution >= 0.6 is 0 Å². The quantitative estimate of drug-likeness (QED) is 0.125. The third-order valence-electron chi connectivity index (χ3n) is 7.17. The first kappa shape index (κ1) is 26.5. The van der Waals surface area contributed by atoms with E-state index >= 15 is 0 Å². The Morgan fingerprint density at radius 3 is 2.59 bits per heavy atom. The minimum atomic E-state index is -0.692. The third kappa shape index (κ3) is 5.53. The molecule has 1 aliphatic carbocycles. The van der Waals surface area contributed by atoms with Crippen LogP contribution in [0.15, 0.2) is 71.3 Å². The summed E-state index contributed by atoms with van der Waals surface area (Å²) >= 11 is 0. The summed E-state index contributed by atoms with van der Waals surface area (Å²) in [7, 11) is 0. The van der Waals surface area contributed by atoms with E-state index in [0.717, 1.165) is 41.9 Å². The van der Waals surface area contributed by atoms with Crippen LogP contribution in [0.2, 0.25) is 0 Å². The molecule has 5 rings (SSSR count). The van der Waals surface area contributed by atoms with E-state index in [9.17, 15) is 20.0 Å². The molecule has 0 fully saturated rings. The molecular weight excluding hydrogens is 498 g/mol. The zero-order chi connectivity index (χ0) is 27.5. The molecule has 1 heterocycles. The Bertz CT molecular complexity index is 1530. The molecule has 0 amide bonds. The number of hydrogen-bond donors (Lipinski definition) is 2. The van der Waals surface area contributed by atoms with Crippen molar-refractivity contribution in [3.8, 4) is 11.5 Å². The Hall–Kier alpha value is -4.14. The Morgan fingerprint density at radius 2 is 1.79 bits per heavy atom. The van der Waals surface area contributed by atoms with Crippen molar-refractivity contribution in [2.75, 3.05) is 12.0 Å². The zero-order valence-electron chi connectivity index (χ0n) is 22.0. The van der Waals surface area contributed by atoms with Crippen molar-refractivity contribution >= 4 is 39.5 Å². The molecule has 8 nitrogen and oxygen atoms in total. The molecule has 2 N–H and O–H groups in total. The van der Waals surface area contributed by atoms with Crippen LogP contribution in [0.1, 0.15) is 56.3 Å². The standard InChI is InChI=1S/C31H31NO7/c1-19-7-5-9-20(2)13-23(14-21(17-33)10-6-8-19)39-31(34)25-16-27-30(38-18-37-27)29-24-12-4-3-11-22(24)15-26(28(25)29)32(35)36/h3-4,8-9,11-12,14-17,23,35-36H,5-7,10,13,18H2,1-2H3/b19-8-,20-9+,21-14-/t23-/m1/s1. The second kappa shape index (κ2) is 11.3. The summed E-state index contributed by atoms with van der Waals surface area (Å²) in [4.78, 5) is 25.7. The monoisotopic (exact) mass is 529 g/mol. The lowest BCUT2D eigenvalue weighted by Gasteiger charge is -2.20. The number of aldehydes is 1. The van der Waals surface area contributed by atoms with E-state index in [-0.39, 0.29) is 28.7 Å². The molecule has 0 bridgehead atoms. The molecule has 0 radical (unpaired) electrons. The Kier molecular flexibility index (Phi) is 7.67. The minimum absolute atomic E-state index is 0.00347. The van der Waals surface area contributed by atoms with Crippen molar-refractivity contribution < 1.29 is 34.2 Å². The van der Waals surface area contributed by atoms with Crippen LogP contribution < -0.4 is 14.7 Å². The molecule has 39 heavy (non-hydrogen) atoms. The highest BCUT2D eigenvalue weighted by atomic mass is 16.8. The van der Waals surface area contributed by atoms with Crippen molar-refractivity contribution in [1.82, 2.24) is 0 Å². The van der Waals surface area contributed by atoms with Gasteiger partial charge in [-0.2, -0.15) is 0 Å². The van der Waals surface area contributed by atoms with Gasteiger partial charge in [-0.3, -0.25) is 15.2 Å². The smallest absolute Gasteiger partial charge is 0.339 e. The molecule has 202 valence electrons. The summed E-state index contributed by atoms with van der Waals surface area (Å²) in [6, 6.07) is 10.5. The molecule has 0 saturated heterocycles. The van der Waals surface area contributed by atoms with Gasteiger partial charge in [-0.15, -0.1) is 5.23 Å². The van der Waals surface area contributed by atoms with Crippen molar-refractivity contribution in [3.05, 3.63) is 76.9 Å². The van der Waals surface area contributed by atoms with Crippen LogP contribution in [-0.4, -0.2) is 35.6 Å². The molecule has 0 aromatic heterocycles. The summed E-state index contributed by atoms with van der Waals surface area (Å²) < 4.78 is 17.4. The lowest BCUT2D eigenvalue weighted by Crippen LogP contribution is -2.19. The van der Waals surface area contributed by atoms with Gasteiger partial charge in [-0.1, -0.05) is 47.6 Å². The fourth-order valence-corrected chi connectivity index (χ4v) is 5.24. The van der Waals surface area contributed by atoms with E-state index in [4.69, 9.17) is 14.2 Å². The molecular formula is C31H31NO7. The van der Waals surface area contributed by atoms with Gasteiger partial charge in [0.2, 0.25) is 6.79 Å². The maximum atomic E-state index is 13.8. The highest BCUT2D eigenvalue weighted by Crippen LogP contribution is 2.47. The minimum Gasteiger partial charge on any atom is -0.454 e. The number of esters is 1. The van der Waals surface area contributed by atoms with Gasteiger partial charge in [0.1, 0.15) is 18.1 Å². The fraction of sp³-hybridized carbons (Fsp3) is 0.290. The van der Waals surface area contributed by atoms with Gasteiger partial charge in [0.05, 0.1) is 5.56 Å². The number of anilines is 1. The molecule has 1 aliphatic heterocycles.